The number of rotatable bonds is 8. The van der Waals surface area contributed by atoms with Crippen molar-refractivity contribution in [2.75, 3.05) is 39.4 Å². The standard InChI is InChI=1S/C20H28N4O3S2.HI/c1-2-21-20(22-11-10-17-6-4-3-5-7-17)23-16-18-8-9-19(28-18)29(25,26)24-12-14-27-15-13-24;/h3-9H,2,10-16H2,1H3,(H2,21,22,23);1H. The maximum Gasteiger partial charge on any atom is 0.252 e. The number of morpholine rings is 1. The number of hydrogen-bond donors (Lipinski definition) is 2. The molecule has 0 saturated carbocycles. The van der Waals surface area contributed by atoms with Crippen molar-refractivity contribution in [1.29, 1.82) is 0 Å². The van der Waals surface area contributed by atoms with Crippen LogP contribution in [0.3, 0.4) is 0 Å². The Hall–Kier alpha value is -1.21. The maximum atomic E-state index is 12.7. The summed E-state index contributed by atoms with van der Waals surface area (Å²) in [6.07, 6.45) is 0.909. The minimum Gasteiger partial charge on any atom is -0.379 e. The lowest BCUT2D eigenvalue weighted by molar-refractivity contribution is 0.0731. The van der Waals surface area contributed by atoms with Crippen molar-refractivity contribution in [3.8, 4) is 0 Å². The van der Waals surface area contributed by atoms with Crippen LogP contribution in [-0.2, 0) is 27.7 Å². The second-order valence-corrected chi connectivity index (χ2v) is 9.93. The number of nitrogens with one attached hydrogen (secondary N) is 2. The summed E-state index contributed by atoms with van der Waals surface area (Å²) in [6, 6.07) is 13.8. The molecule has 0 spiro atoms. The van der Waals surface area contributed by atoms with Crippen molar-refractivity contribution < 1.29 is 13.2 Å². The minimum absolute atomic E-state index is 0. The molecule has 0 amide bonds. The lowest BCUT2D eigenvalue weighted by atomic mass is 10.1. The van der Waals surface area contributed by atoms with Crippen LogP contribution < -0.4 is 10.6 Å². The van der Waals surface area contributed by atoms with Gasteiger partial charge in [0.1, 0.15) is 4.21 Å². The van der Waals surface area contributed by atoms with E-state index in [1.54, 1.807) is 6.07 Å². The Balaban J connectivity index is 0.00000320. The fraction of sp³-hybridized carbons (Fsp3) is 0.450. The molecule has 1 aromatic heterocycles. The number of aliphatic imine (C=N–C) groups is 1. The SMILES string of the molecule is CCNC(=NCc1ccc(S(=O)(=O)N2CCOCC2)s1)NCCc1ccccc1.I. The Labute approximate surface area is 200 Å². The summed E-state index contributed by atoms with van der Waals surface area (Å²) in [7, 11) is -3.44. The molecular formula is C20H29IN4O3S2. The van der Waals surface area contributed by atoms with Crippen molar-refractivity contribution in [3.05, 3.63) is 52.9 Å². The van der Waals surface area contributed by atoms with E-state index < -0.39 is 10.0 Å². The smallest absolute Gasteiger partial charge is 0.252 e. The molecule has 2 N–H and O–H groups in total. The van der Waals surface area contributed by atoms with Gasteiger partial charge in [0.05, 0.1) is 19.8 Å². The van der Waals surface area contributed by atoms with Gasteiger partial charge in [-0.05, 0) is 31.0 Å². The van der Waals surface area contributed by atoms with E-state index in [2.05, 4.69) is 27.8 Å². The summed E-state index contributed by atoms with van der Waals surface area (Å²) < 4.78 is 32.6. The van der Waals surface area contributed by atoms with Gasteiger partial charge in [0.25, 0.3) is 10.0 Å². The summed E-state index contributed by atoms with van der Waals surface area (Å²) in [4.78, 5) is 5.51. The summed E-state index contributed by atoms with van der Waals surface area (Å²) in [5.41, 5.74) is 1.27. The maximum absolute atomic E-state index is 12.7. The van der Waals surface area contributed by atoms with Gasteiger partial charge in [0, 0.05) is 31.1 Å². The summed E-state index contributed by atoms with van der Waals surface area (Å²) in [5, 5.41) is 6.56. The lowest BCUT2D eigenvalue weighted by Crippen LogP contribution is -2.40. The van der Waals surface area contributed by atoms with Crippen molar-refractivity contribution >= 4 is 51.3 Å². The first-order chi connectivity index (χ1) is 14.1. The summed E-state index contributed by atoms with van der Waals surface area (Å²) in [5.74, 6) is 0.731. The molecule has 7 nitrogen and oxygen atoms in total. The molecule has 0 bridgehead atoms. The van der Waals surface area contributed by atoms with Crippen LogP contribution in [0.25, 0.3) is 0 Å². The zero-order chi connectivity index (χ0) is 20.5. The van der Waals surface area contributed by atoms with Gasteiger partial charge in [-0.15, -0.1) is 35.3 Å². The lowest BCUT2D eigenvalue weighted by Gasteiger charge is -2.25. The first-order valence-corrected chi connectivity index (χ1v) is 12.1. The Kier molecular flexibility index (Phi) is 10.5. The van der Waals surface area contributed by atoms with E-state index in [0.29, 0.717) is 37.1 Å². The monoisotopic (exact) mass is 564 g/mol. The van der Waals surface area contributed by atoms with Gasteiger partial charge in [0.15, 0.2) is 5.96 Å². The molecule has 0 aliphatic carbocycles. The van der Waals surface area contributed by atoms with E-state index in [1.165, 1.54) is 21.2 Å². The molecule has 1 aliphatic rings. The van der Waals surface area contributed by atoms with Crippen LogP contribution in [0.1, 0.15) is 17.4 Å². The van der Waals surface area contributed by atoms with Crippen molar-refractivity contribution in [2.45, 2.75) is 24.1 Å². The number of ether oxygens (including phenoxy) is 1. The van der Waals surface area contributed by atoms with Crippen molar-refractivity contribution in [2.24, 2.45) is 4.99 Å². The largest absolute Gasteiger partial charge is 0.379 e. The third-order valence-corrected chi connectivity index (χ3v) is 7.92. The highest BCUT2D eigenvalue weighted by Gasteiger charge is 2.27. The number of halogens is 1. The normalized spacial score (nSPS) is 15.4. The number of sulfonamides is 1. The third-order valence-electron chi connectivity index (χ3n) is 4.49. The molecule has 0 atom stereocenters. The third kappa shape index (κ3) is 7.19. The number of benzene rings is 1. The van der Waals surface area contributed by atoms with E-state index in [-0.39, 0.29) is 24.0 Å². The van der Waals surface area contributed by atoms with E-state index in [4.69, 9.17) is 4.74 Å². The number of guanidine groups is 1. The topological polar surface area (TPSA) is 83.0 Å². The van der Waals surface area contributed by atoms with Gasteiger partial charge in [-0.1, -0.05) is 30.3 Å². The Bertz CT molecular complexity index is 898. The highest BCUT2D eigenvalue weighted by molar-refractivity contribution is 14.0. The summed E-state index contributed by atoms with van der Waals surface area (Å²) in [6.45, 7) is 5.70. The fourth-order valence-electron chi connectivity index (χ4n) is 2.96. The van der Waals surface area contributed by atoms with Crippen molar-refractivity contribution in [1.82, 2.24) is 14.9 Å². The zero-order valence-corrected chi connectivity index (χ0v) is 21.0. The fourth-order valence-corrected chi connectivity index (χ4v) is 5.81. The van der Waals surface area contributed by atoms with Gasteiger partial charge >= 0.3 is 0 Å². The first-order valence-electron chi connectivity index (χ1n) is 9.82. The molecule has 1 fully saturated rings. The molecule has 1 saturated heterocycles. The molecule has 0 radical (unpaired) electrons. The molecule has 1 aromatic carbocycles. The van der Waals surface area contributed by atoms with Crippen LogP contribution in [0, 0.1) is 0 Å². The highest BCUT2D eigenvalue weighted by Crippen LogP contribution is 2.26. The predicted molar refractivity (Wildman–Crippen MR) is 132 cm³/mol. The van der Waals surface area contributed by atoms with Crippen molar-refractivity contribution in [3.63, 3.8) is 0 Å². The predicted octanol–water partition coefficient (Wildman–Crippen LogP) is 2.68. The van der Waals surface area contributed by atoms with E-state index >= 15 is 0 Å². The van der Waals surface area contributed by atoms with Gasteiger partial charge in [-0.25, -0.2) is 13.4 Å². The number of hydrogen-bond acceptors (Lipinski definition) is 5. The Morgan fingerprint density at radius 3 is 2.57 bits per heavy atom. The molecule has 3 rings (SSSR count). The zero-order valence-electron chi connectivity index (χ0n) is 17.0. The molecule has 30 heavy (non-hydrogen) atoms. The molecule has 2 heterocycles. The van der Waals surface area contributed by atoms with Crippen LogP contribution >= 0.6 is 35.3 Å². The molecule has 2 aromatic rings. The molecule has 0 unspecified atom stereocenters. The average Bonchev–Trinajstić information content (AvgIpc) is 3.23. The molecule has 166 valence electrons. The molecular weight excluding hydrogens is 535 g/mol. The summed E-state index contributed by atoms with van der Waals surface area (Å²) >= 11 is 1.28. The first kappa shape index (κ1) is 25.1. The molecule has 10 heteroatoms. The average molecular weight is 565 g/mol. The minimum atomic E-state index is -3.44. The number of nitrogens with zero attached hydrogens (tertiary/aromatic N) is 2. The van der Waals surface area contributed by atoms with Gasteiger partial charge in [-0.2, -0.15) is 4.31 Å². The Morgan fingerprint density at radius 2 is 1.87 bits per heavy atom. The molecule has 1 aliphatic heterocycles. The van der Waals surface area contributed by atoms with E-state index in [9.17, 15) is 8.42 Å². The second kappa shape index (κ2) is 12.6. The second-order valence-electron chi connectivity index (χ2n) is 6.59. The van der Waals surface area contributed by atoms with Gasteiger partial charge < -0.3 is 15.4 Å². The van der Waals surface area contributed by atoms with Gasteiger partial charge in [-0.3, -0.25) is 0 Å². The van der Waals surface area contributed by atoms with Gasteiger partial charge in [0.2, 0.25) is 0 Å². The number of thiophene rings is 1. The van der Waals surface area contributed by atoms with Crippen LogP contribution in [0.5, 0.6) is 0 Å². The van der Waals surface area contributed by atoms with Crippen LogP contribution in [0.2, 0.25) is 0 Å². The highest BCUT2D eigenvalue weighted by atomic mass is 127. The van der Waals surface area contributed by atoms with Crippen LogP contribution in [0.4, 0.5) is 0 Å². The van der Waals surface area contributed by atoms with E-state index in [0.717, 1.165) is 30.3 Å². The quantitative estimate of drug-likeness (QED) is 0.293. The van der Waals surface area contributed by atoms with E-state index in [1.807, 2.05) is 31.2 Å². The Morgan fingerprint density at radius 1 is 1.13 bits per heavy atom. The van der Waals surface area contributed by atoms with Crippen LogP contribution in [-0.4, -0.2) is 58.1 Å². The van der Waals surface area contributed by atoms with Crippen LogP contribution in [0.15, 0.2) is 51.7 Å².